The molecule has 2 rings (SSSR count). The lowest BCUT2D eigenvalue weighted by Gasteiger charge is -2.54. The largest absolute Gasteiger partial charge is 0.478 e. The number of carbonyl (C=O) groups is 2. The van der Waals surface area contributed by atoms with Crippen LogP contribution in [0.15, 0.2) is 11.6 Å². The molecule has 0 radical (unpaired) electrons. The Balaban J connectivity index is 2.45. The average molecular weight is 268 g/mol. The first-order chi connectivity index (χ1) is 8.67. The van der Waals surface area contributed by atoms with Gasteiger partial charge >= 0.3 is 5.97 Å². The lowest BCUT2D eigenvalue weighted by atomic mass is 9.53. The smallest absolute Gasteiger partial charge is 0.328 e. The fraction of sp³-hybridized carbons (Fsp3) is 0.714. The molecule has 19 heavy (non-hydrogen) atoms. The highest BCUT2D eigenvalue weighted by molar-refractivity contribution is 6.02. The summed E-state index contributed by atoms with van der Waals surface area (Å²) in [5.74, 6) is -2.08. The van der Waals surface area contributed by atoms with Gasteiger partial charge in [-0.05, 0) is 25.2 Å². The molecule has 3 N–H and O–H groups in total. The lowest BCUT2D eigenvalue weighted by Crippen LogP contribution is -2.58. The minimum Gasteiger partial charge on any atom is -0.478 e. The standard InChI is InChI=1S/C14H20O5/c1-13-4-3-5-14(2,19)12(13)11(18)8(6-10(16)17)9(15)7-13/h6,11-12,18-19H,3-5,7H2,1-2H3,(H,16,17)/b8-6+/t11-,12+,13+,14-/m0/s1. The van der Waals surface area contributed by atoms with E-state index in [0.29, 0.717) is 6.42 Å². The fourth-order valence-electron chi connectivity index (χ4n) is 3.94. The Morgan fingerprint density at radius 3 is 2.58 bits per heavy atom. The van der Waals surface area contributed by atoms with E-state index in [9.17, 15) is 19.8 Å². The van der Waals surface area contributed by atoms with Gasteiger partial charge in [0.05, 0.1) is 11.7 Å². The Labute approximate surface area is 111 Å². The Hall–Kier alpha value is -1.20. The zero-order chi connectivity index (χ0) is 14.4. The summed E-state index contributed by atoms with van der Waals surface area (Å²) in [6.07, 6.45) is 1.87. The number of aliphatic hydroxyl groups excluding tert-OH is 1. The van der Waals surface area contributed by atoms with Crippen LogP contribution in [0.3, 0.4) is 0 Å². The maximum absolute atomic E-state index is 12.0. The van der Waals surface area contributed by atoms with Crippen molar-refractivity contribution in [2.24, 2.45) is 11.3 Å². The zero-order valence-electron chi connectivity index (χ0n) is 11.2. The minimum atomic E-state index is -1.25. The molecule has 0 aromatic rings. The molecule has 0 aromatic carbocycles. The summed E-state index contributed by atoms with van der Waals surface area (Å²) in [6, 6.07) is 0. The van der Waals surface area contributed by atoms with E-state index in [-0.39, 0.29) is 17.8 Å². The van der Waals surface area contributed by atoms with Crippen LogP contribution >= 0.6 is 0 Å². The number of carbonyl (C=O) groups excluding carboxylic acids is 1. The Morgan fingerprint density at radius 2 is 2.00 bits per heavy atom. The first-order valence-corrected chi connectivity index (χ1v) is 6.55. The van der Waals surface area contributed by atoms with E-state index in [2.05, 4.69) is 0 Å². The number of ketones is 1. The van der Waals surface area contributed by atoms with Gasteiger partial charge < -0.3 is 15.3 Å². The molecule has 0 bridgehead atoms. The highest BCUT2D eigenvalue weighted by atomic mass is 16.4. The van der Waals surface area contributed by atoms with Crippen molar-refractivity contribution in [1.29, 1.82) is 0 Å². The molecule has 5 nitrogen and oxygen atoms in total. The van der Waals surface area contributed by atoms with Gasteiger partial charge in [0.2, 0.25) is 0 Å². The average Bonchev–Trinajstić information content (AvgIpc) is 2.21. The molecule has 0 heterocycles. The second-order valence-electron chi connectivity index (χ2n) is 6.33. The Morgan fingerprint density at radius 1 is 1.37 bits per heavy atom. The third-order valence-electron chi connectivity index (χ3n) is 4.65. The molecule has 2 fully saturated rings. The number of fused-ring (bicyclic) bond motifs is 1. The molecule has 0 aliphatic heterocycles. The normalized spacial score (nSPS) is 45.1. The lowest BCUT2D eigenvalue weighted by molar-refractivity contribution is -0.158. The summed E-state index contributed by atoms with van der Waals surface area (Å²) >= 11 is 0. The number of Topliss-reactive ketones (excluding diaryl/α,β-unsaturated/α-hetero) is 1. The first kappa shape index (κ1) is 14.2. The van der Waals surface area contributed by atoms with Crippen molar-refractivity contribution in [2.45, 2.75) is 51.2 Å². The second-order valence-corrected chi connectivity index (χ2v) is 6.33. The molecule has 0 saturated heterocycles. The predicted molar refractivity (Wildman–Crippen MR) is 67.4 cm³/mol. The van der Waals surface area contributed by atoms with Gasteiger partial charge in [0.15, 0.2) is 5.78 Å². The number of carboxylic acid groups (broad SMARTS) is 1. The molecule has 2 aliphatic rings. The summed E-state index contributed by atoms with van der Waals surface area (Å²) in [5, 5.41) is 29.7. The summed E-state index contributed by atoms with van der Waals surface area (Å²) in [6.45, 7) is 3.55. The summed E-state index contributed by atoms with van der Waals surface area (Å²) < 4.78 is 0. The van der Waals surface area contributed by atoms with Crippen LogP contribution < -0.4 is 0 Å². The SMILES string of the molecule is C[C@]12CCC[C@](C)(O)[C@@H]1[C@@H](O)/C(=C/C(=O)O)C(=O)C2. The Kier molecular flexibility index (Phi) is 3.31. The molecule has 0 aromatic heterocycles. The van der Waals surface area contributed by atoms with E-state index >= 15 is 0 Å². The third kappa shape index (κ3) is 2.32. The predicted octanol–water partition coefficient (Wildman–Crippen LogP) is 0.889. The van der Waals surface area contributed by atoms with Crippen LogP contribution in [0.2, 0.25) is 0 Å². The van der Waals surface area contributed by atoms with Crippen molar-refractivity contribution in [3.8, 4) is 0 Å². The van der Waals surface area contributed by atoms with E-state index in [4.69, 9.17) is 5.11 Å². The van der Waals surface area contributed by atoms with Gasteiger partial charge in [-0.1, -0.05) is 13.3 Å². The van der Waals surface area contributed by atoms with Crippen LogP contribution in [-0.4, -0.2) is 38.8 Å². The molecule has 5 heteroatoms. The summed E-state index contributed by atoms with van der Waals surface area (Å²) in [5.41, 5.74) is -1.63. The molecular formula is C14H20O5. The van der Waals surface area contributed by atoms with Crippen LogP contribution in [0, 0.1) is 11.3 Å². The maximum atomic E-state index is 12.0. The molecule has 2 aliphatic carbocycles. The summed E-state index contributed by atoms with van der Waals surface area (Å²) in [4.78, 5) is 22.8. The van der Waals surface area contributed by atoms with Crippen LogP contribution in [0.5, 0.6) is 0 Å². The van der Waals surface area contributed by atoms with Gasteiger partial charge in [-0.15, -0.1) is 0 Å². The van der Waals surface area contributed by atoms with Crippen LogP contribution in [0.25, 0.3) is 0 Å². The van der Waals surface area contributed by atoms with Crippen LogP contribution in [0.4, 0.5) is 0 Å². The monoisotopic (exact) mass is 268 g/mol. The highest BCUT2D eigenvalue weighted by Crippen LogP contribution is 2.54. The molecule has 2 saturated carbocycles. The van der Waals surface area contributed by atoms with Crippen molar-refractivity contribution in [2.75, 3.05) is 0 Å². The molecule has 0 spiro atoms. The molecule has 0 unspecified atom stereocenters. The van der Waals surface area contributed by atoms with Gasteiger partial charge in [0.1, 0.15) is 0 Å². The van der Waals surface area contributed by atoms with E-state index < -0.39 is 29.0 Å². The molecule has 4 atom stereocenters. The zero-order valence-corrected chi connectivity index (χ0v) is 11.2. The molecule has 106 valence electrons. The number of aliphatic hydroxyl groups is 2. The maximum Gasteiger partial charge on any atom is 0.328 e. The quantitative estimate of drug-likeness (QED) is 0.614. The minimum absolute atomic E-state index is 0.0860. The Bertz CT molecular complexity index is 451. The number of aliphatic carboxylic acids is 1. The topological polar surface area (TPSA) is 94.8 Å². The fourth-order valence-corrected chi connectivity index (χ4v) is 3.94. The van der Waals surface area contributed by atoms with Gasteiger partial charge in [0, 0.05) is 24.0 Å². The van der Waals surface area contributed by atoms with Crippen LogP contribution in [-0.2, 0) is 9.59 Å². The number of hydrogen-bond acceptors (Lipinski definition) is 4. The first-order valence-electron chi connectivity index (χ1n) is 6.55. The number of rotatable bonds is 1. The second kappa shape index (κ2) is 4.42. The van der Waals surface area contributed by atoms with E-state index in [1.54, 1.807) is 6.92 Å². The van der Waals surface area contributed by atoms with Gasteiger partial charge in [0.25, 0.3) is 0 Å². The number of carboxylic acids is 1. The van der Waals surface area contributed by atoms with Gasteiger partial charge in [-0.2, -0.15) is 0 Å². The van der Waals surface area contributed by atoms with Crippen molar-refractivity contribution in [1.82, 2.24) is 0 Å². The highest BCUT2D eigenvalue weighted by Gasteiger charge is 2.56. The van der Waals surface area contributed by atoms with Gasteiger partial charge in [-0.25, -0.2) is 4.79 Å². The van der Waals surface area contributed by atoms with E-state index in [1.807, 2.05) is 6.92 Å². The molecule has 0 amide bonds. The van der Waals surface area contributed by atoms with Crippen molar-refractivity contribution in [3.63, 3.8) is 0 Å². The van der Waals surface area contributed by atoms with Crippen molar-refractivity contribution in [3.05, 3.63) is 11.6 Å². The van der Waals surface area contributed by atoms with E-state index in [0.717, 1.165) is 18.9 Å². The van der Waals surface area contributed by atoms with Crippen molar-refractivity contribution < 1.29 is 24.9 Å². The van der Waals surface area contributed by atoms with E-state index in [1.165, 1.54) is 0 Å². The third-order valence-corrected chi connectivity index (χ3v) is 4.65. The van der Waals surface area contributed by atoms with Gasteiger partial charge in [-0.3, -0.25) is 4.79 Å². The number of hydrogen-bond donors (Lipinski definition) is 3. The molecular weight excluding hydrogens is 248 g/mol. The van der Waals surface area contributed by atoms with Crippen LogP contribution in [0.1, 0.15) is 39.5 Å². The van der Waals surface area contributed by atoms with Crippen molar-refractivity contribution >= 4 is 11.8 Å². The summed E-state index contributed by atoms with van der Waals surface area (Å²) in [7, 11) is 0.